The van der Waals surface area contributed by atoms with Crippen molar-refractivity contribution in [1.29, 1.82) is 0 Å². The molecule has 0 unspecified atom stereocenters. The van der Waals surface area contributed by atoms with Gasteiger partial charge in [-0.05, 0) is 55.5 Å². The number of rotatable bonds is 6. The lowest BCUT2D eigenvalue weighted by Crippen LogP contribution is -2.24. The molecule has 0 radical (unpaired) electrons. The fourth-order valence-electron chi connectivity index (χ4n) is 4.19. The van der Waals surface area contributed by atoms with Gasteiger partial charge in [0.25, 0.3) is 0 Å². The molecule has 0 spiro atoms. The number of carbonyl (C=O) groups is 1. The van der Waals surface area contributed by atoms with Crippen LogP contribution in [0.1, 0.15) is 6.92 Å². The maximum Gasteiger partial charge on any atom is 0.214 e. The Morgan fingerprint density at radius 2 is 1.84 bits per heavy atom. The largest absolute Gasteiger partial charge is 0.328 e. The number of carbonyl (C=O) groups excluding carboxylic acids is 1. The van der Waals surface area contributed by atoms with Gasteiger partial charge in [-0.1, -0.05) is 12.1 Å². The van der Waals surface area contributed by atoms with Gasteiger partial charge in [-0.3, -0.25) is 4.79 Å². The normalized spacial score (nSPS) is 12.8. The summed E-state index contributed by atoms with van der Waals surface area (Å²) in [6, 6.07) is 20.4. The third-order valence-electron chi connectivity index (χ3n) is 5.83. The van der Waals surface area contributed by atoms with Gasteiger partial charge in [-0.2, -0.15) is 0 Å². The first-order chi connectivity index (χ1) is 15.2. The topological polar surface area (TPSA) is 57.5 Å². The average Bonchev–Trinajstić information content (AvgIpc) is 3.39. The second-order valence-electron chi connectivity index (χ2n) is 7.52. The third kappa shape index (κ3) is 3.18. The summed E-state index contributed by atoms with van der Waals surface area (Å²) >= 11 is 0. The van der Waals surface area contributed by atoms with Crippen molar-refractivity contribution in [3.63, 3.8) is 0 Å². The van der Waals surface area contributed by atoms with Crippen LogP contribution in [0.3, 0.4) is 0 Å². The van der Waals surface area contributed by atoms with Gasteiger partial charge in [-0.15, -0.1) is 0 Å². The highest BCUT2D eigenvalue weighted by Gasteiger charge is 2.24. The van der Waals surface area contributed by atoms with Crippen LogP contribution >= 0.6 is 0 Å². The van der Waals surface area contributed by atoms with E-state index < -0.39 is 0 Å². The molecule has 5 rings (SSSR count). The van der Waals surface area contributed by atoms with E-state index >= 15 is 0 Å². The second-order valence-corrected chi connectivity index (χ2v) is 7.52. The minimum Gasteiger partial charge on any atom is -0.328 e. The Morgan fingerprint density at radius 3 is 2.61 bits per heavy atom. The second kappa shape index (κ2) is 7.75. The monoisotopic (exact) mass is 412 g/mol. The van der Waals surface area contributed by atoms with Crippen LogP contribution in [0.4, 0.5) is 28.8 Å². The number of hydrogen-bond acceptors (Lipinski definition) is 5. The van der Waals surface area contributed by atoms with Gasteiger partial charge in [0.05, 0.1) is 16.7 Å². The van der Waals surface area contributed by atoms with Crippen LogP contribution < -0.4 is 14.7 Å². The standard InChI is InChI=1S/C24H24N6O/c1-3-28(17-31)22-9-6-14-25-23(22)27(2)18-10-12-19(13-11-18)29-15-16-30-21-8-5-4-7-20(21)26-24(29)30/h4-14,17H,3,15-16H2,1-2H3. The first kappa shape index (κ1) is 19.1. The SMILES string of the molecule is CCN(C=O)c1cccnc1N(C)c1ccc(N2CCn3c2nc2ccccc23)cc1. The lowest BCUT2D eigenvalue weighted by Gasteiger charge is -2.25. The van der Waals surface area contributed by atoms with Gasteiger partial charge < -0.3 is 19.3 Å². The molecule has 2 aromatic heterocycles. The Balaban J connectivity index is 1.44. The minimum absolute atomic E-state index is 0.588. The first-order valence-electron chi connectivity index (χ1n) is 10.4. The first-order valence-corrected chi connectivity index (χ1v) is 10.4. The van der Waals surface area contributed by atoms with Crippen LogP contribution in [0.25, 0.3) is 11.0 Å². The number of hydrogen-bond donors (Lipinski definition) is 0. The number of nitrogens with zero attached hydrogens (tertiary/aromatic N) is 6. The van der Waals surface area contributed by atoms with Gasteiger partial charge in [-0.25, -0.2) is 9.97 Å². The number of imidazole rings is 1. The molecule has 1 aliphatic heterocycles. The summed E-state index contributed by atoms with van der Waals surface area (Å²) in [5, 5.41) is 0. The predicted octanol–water partition coefficient (Wildman–Crippen LogP) is 4.33. The van der Waals surface area contributed by atoms with Crippen LogP contribution in [-0.2, 0) is 11.3 Å². The van der Waals surface area contributed by atoms with E-state index in [9.17, 15) is 4.79 Å². The molecule has 2 aromatic carbocycles. The predicted molar refractivity (Wildman–Crippen MR) is 125 cm³/mol. The molecule has 31 heavy (non-hydrogen) atoms. The summed E-state index contributed by atoms with van der Waals surface area (Å²) in [6.07, 6.45) is 2.59. The highest BCUT2D eigenvalue weighted by molar-refractivity contribution is 5.85. The van der Waals surface area contributed by atoms with Crippen LogP contribution in [0, 0.1) is 0 Å². The van der Waals surface area contributed by atoms with Crippen molar-refractivity contribution in [2.75, 3.05) is 34.8 Å². The highest BCUT2D eigenvalue weighted by atomic mass is 16.1. The number of benzene rings is 2. The molecule has 0 saturated heterocycles. The Morgan fingerprint density at radius 1 is 1.03 bits per heavy atom. The molecule has 0 N–H and O–H groups in total. The molecule has 3 heterocycles. The van der Waals surface area contributed by atoms with Gasteiger partial charge in [0, 0.05) is 44.3 Å². The van der Waals surface area contributed by atoms with Crippen molar-refractivity contribution < 1.29 is 4.79 Å². The molecule has 7 heteroatoms. The van der Waals surface area contributed by atoms with E-state index in [0.29, 0.717) is 6.54 Å². The van der Waals surface area contributed by atoms with Crippen molar-refractivity contribution in [1.82, 2.24) is 14.5 Å². The summed E-state index contributed by atoms with van der Waals surface area (Å²) in [7, 11) is 1.97. The van der Waals surface area contributed by atoms with Crippen LogP contribution in [0.15, 0.2) is 66.9 Å². The van der Waals surface area contributed by atoms with Gasteiger partial charge in [0.1, 0.15) is 0 Å². The minimum atomic E-state index is 0.588. The molecule has 0 saturated carbocycles. The molecule has 1 aliphatic rings. The highest BCUT2D eigenvalue weighted by Crippen LogP contribution is 2.35. The fraction of sp³-hybridized carbons (Fsp3) is 0.208. The zero-order chi connectivity index (χ0) is 21.4. The Bertz CT molecular complexity index is 1230. The van der Waals surface area contributed by atoms with Crippen LogP contribution in [0.5, 0.6) is 0 Å². The van der Waals surface area contributed by atoms with Crippen molar-refractivity contribution in [2.24, 2.45) is 0 Å². The zero-order valence-corrected chi connectivity index (χ0v) is 17.6. The lowest BCUT2D eigenvalue weighted by molar-refractivity contribution is -0.107. The molecule has 0 bridgehead atoms. The molecule has 0 fully saturated rings. The number of aromatic nitrogens is 3. The van der Waals surface area contributed by atoms with E-state index in [0.717, 1.165) is 53.8 Å². The van der Waals surface area contributed by atoms with Gasteiger partial charge in [0.2, 0.25) is 12.4 Å². The summed E-state index contributed by atoms with van der Waals surface area (Å²) in [5.74, 6) is 1.73. The van der Waals surface area contributed by atoms with E-state index in [4.69, 9.17) is 4.98 Å². The zero-order valence-electron chi connectivity index (χ0n) is 17.6. The molecular formula is C24H24N6O. The van der Waals surface area contributed by atoms with Crippen LogP contribution in [0.2, 0.25) is 0 Å². The number of amides is 1. The van der Waals surface area contributed by atoms with E-state index in [1.54, 1.807) is 11.1 Å². The molecule has 0 atom stereocenters. The van der Waals surface area contributed by atoms with E-state index in [-0.39, 0.29) is 0 Å². The summed E-state index contributed by atoms with van der Waals surface area (Å²) < 4.78 is 2.27. The Kier molecular flexibility index (Phi) is 4.78. The molecule has 0 aliphatic carbocycles. The summed E-state index contributed by atoms with van der Waals surface area (Å²) in [6.45, 7) is 4.36. The maximum absolute atomic E-state index is 11.5. The number of para-hydroxylation sites is 2. The quantitative estimate of drug-likeness (QED) is 0.441. The molecule has 156 valence electrons. The van der Waals surface area contributed by atoms with E-state index in [1.165, 1.54) is 5.52 Å². The Hall–Kier alpha value is -3.87. The smallest absolute Gasteiger partial charge is 0.214 e. The Labute approximate surface area is 181 Å². The van der Waals surface area contributed by atoms with Crippen molar-refractivity contribution in [3.8, 4) is 0 Å². The summed E-state index contributed by atoms with van der Waals surface area (Å²) in [5.41, 5.74) is 5.10. The van der Waals surface area contributed by atoms with Crippen molar-refractivity contribution in [2.45, 2.75) is 13.5 Å². The van der Waals surface area contributed by atoms with Crippen molar-refractivity contribution in [3.05, 3.63) is 66.9 Å². The lowest BCUT2D eigenvalue weighted by atomic mass is 10.2. The van der Waals surface area contributed by atoms with Crippen LogP contribution in [-0.4, -0.2) is 41.1 Å². The fourth-order valence-corrected chi connectivity index (χ4v) is 4.19. The van der Waals surface area contributed by atoms with E-state index in [2.05, 4.69) is 56.9 Å². The number of anilines is 5. The third-order valence-corrected chi connectivity index (χ3v) is 5.83. The average molecular weight is 412 g/mol. The number of fused-ring (bicyclic) bond motifs is 3. The van der Waals surface area contributed by atoms with Gasteiger partial charge in [0.15, 0.2) is 5.82 Å². The maximum atomic E-state index is 11.5. The molecule has 4 aromatic rings. The van der Waals surface area contributed by atoms with E-state index in [1.807, 2.05) is 37.1 Å². The van der Waals surface area contributed by atoms with Crippen molar-refractivity contribution >= 4 is 46.3 Å². The molecule has 1 amide bonds. The molecular weight excluding hydrogens is 388 g/mol. The summed E-state index contributed by atoms with van der Waals surface area (Å²) in [4.78, 5) is 26.7. The van der Waals surface area contributed by atoms with Gasteiger partial charge >= 0.3 is 0 Å². The number of pyridine rings is 1. The molecule has 7 nitrogen and oxygen atoms in total.